The number of benzene rings is 1. The summed E-state index contributed by atoms with van der Waals surface area (Å²) in [6.07, 6.45) is 0.530. The first kappa shape index (κ1) is 18.3. The highest BCUT2D eigenvalue weighted by Crippen LogP contribution is 2.19. The smallest absolute Gasteiger partial charge is 0.243 e. The molecule has 1 aromatic rings. The molecule has 0 unspecified atom stereocenters. The van der Waals surface area contributed by atoms with Crippen LogP contribution in [0, 0.1) is 0 Å². The van der Waals surface area contributed by atoms with Crippen molar-refractivity contribution in [3.63, 3.8) is 0 Å². The van der Waals surface area contributed by atoms with Crippen molar-refractivity contribution in [1.29, 1.82) is 0 Å². The summed E-state index contributed by atoms with van der Waals surface area (Å²) in [6.45, 7) is 1.94. The fourth-order valence-electron chi connectivity index (χ4n) is 2.12. The molecular weight excluding hydrogens is 342 g/mol. The van der Waals surface area contributed by atoms with Gasteiger partial charge in [0.2, 0.25) is 20.0 Å². The summed E-state index contributed by atoms with van der Waals surface area (Å²) in [7, 11) is -7.28. The minimum absolute atomic E-state index is 0.0236. The van der Waals surface area contributed by atoms with Crippen molar-refractivity contribution in [3.8, 4) is 0 Å². The number of hydrogen-bond donors (Lipinski definition) is 2. The molecule has 1 fully saturated rings. The maximum Gasteiger partial charge on any atom is 0.243 e. The predicted molar refractivity (Wildman–Crippen MR) is 84.9 cm³/mol. The van der Waals surface area contributed by atoms with Crippen LogP contribution in [-0.4, -0.2) is 60.5 Å². The molecule has 0 aliphatic carbocycles. The summed E-state index contributed by atoms with van der Waals surface area (Å²) in [4.78, 5) is 0.0933. The van der Waals surface area contributed by atoms with Gasteiger partial charge in [0.1, 0.15) is 0 Å². The lowest BCUT2D eigenvalue weighted by molar-refractivity contribution is 0.0730. The van der Waals surface area contributed by atoms with Crippen molar-refractivity contribution in [3.05, 3.63) is 24.3 Å². The Balaban J connectivity index is 2.15. The Labute approximate surface area is 136 Å². The Morgan fingerprint density at radius 1 is 1.04 bits per heavy atom. The molecule has 23 heavy (non-hydrogen) atoms. The molecule has 3 N–H and O–H groups in total. The van der Waals surface area contributed by atoms with E-state index in [9.17, 15) is 16.8 Å². The summed E-state index contributed by atoms with van der Waals surface area (Å²) in [5.74, 6) is 0. The van der Waals surface area contributed by atoms with E-state index in [0.717, 1.165) is 0 Å². The van der Waals surface area contributed by atoms with E-state index in [1.54, 1.807) is 0 Å². The standard InChI is InChI=1S/C13H21N3O5S2/c14-6-1-7-15-22(17,18)12-2-4-13(5-3-12)23(19,20)16-8-10-21-11-9-16/h2-5,15H,1,6-11,14H2. The fourth-order valence-corrected chi connectivity index (χ4v) is 4.60. The van der Waals surface area contributed by atoms with Gasteiger partial charge in [-0.25, -0.2) is 21.6 Å². The maximum absolute atomic E-state index is 12.5. The number of nitrogens with zero attached hydrogens (tertiary/aromatic N) is 1. The van der Waals surface area contributed by atoms with Crippen LogP contribution < -0.4 is 10.5 Å². The van der Waals surface area contributed by atoms with Crippen molar-refractivity contribution in [2.75, 3.05) is 39.4 Å². The lowest BCUT2D eigenvalue weighted by Gasteiger charge is -2.26. The Bertz CT molecular complexity index is 710. The molecule has 0 spiro atoms. The minimum Gasteiger partial charge on any atom is -0.379 e. The molecule has 1 aliphatic rings. The van der Waals surface area contributed by atoms with Gasteiger partial charge in [0.15, 0.2) is 0 Å². The average molecular weight is 363 g/mol. The van der Waals surface area contributed by atoms with Crippen molar-refractivity contribution in [2.45, 2.75) is 16.2 Å². The van der Waals surface area contributed by atoms with E-state index in [4.69, 9.17) is 10.5 Å². The zero-order valence-electron chi connectivity index (χ0n) is 12.6. The lowest BCUT2D eigenvalue weighted by Crippen LogP contribution is -2.40. The minimum atomic E-state index is -3.65. The van der Waals surface area contributed by atoms with Crippen LogP contribution in [0.5, 0.6) is 0 Å². The highest BCUT2D eigenvalue weighted by Gasteiger charge is 2.26. The number of nitrogens with one attached hydrogen (secondary N) is 1. The van der Waals surface area contributed by atoms with Crippen molar-refractivity contribution < 1.29 is 21.6 Å². The predicted octanol–water partition coefficient (Wildman–Crippen LogP) is -0.665. The molecule has 0 bridgehead atoms. The van der Waals surface area contributed by atoms with Gasteiger partial charge in [-0.2, -0.15) is 4.31 Å². The highest BCUT2D eigenvalue weighted by atomic mass is 32.2. The second-order valence-electron chi connectivity index (χ2n) is 5.03. The molecule has 0 amide bonds. The Kier molecular flexibility index (Phi) is 6.12. The van der Waals surface area contributed by atoms with E-state index in [2.05, 4.69) is 4.72 Å². The van der Waals surface area contributed by atoms with E-state index >= 15 is 0 Å². The van der Waals surface area contributed by atoms with Gasteiger partial charge in [-0.3, -0.25) is 0 Å². The van der Waals surface area contributed by atoms with Crippen LogP contribution in [0.3, 0.4) is 0 Å². The molecule has 1 aliphatic heterocycles. The van der Waals surface area contributed by atoms with Crippen LogP contribution in [0.4, 0.5) is 0 Å². The van der Waals surface area contributed by atoms with Crippen LogP contribution in [-0.2, 0) is 24.8 Å². The first-order valence-corrected chi connectivity index (χ1v) is 10.2. The van der Waals surface area contributed by atoms with E-state index in [1.807, 2.05) is 0 Å². The zero-order valence-corrected chi connectivity index (χ0v) is 14.3. The number of hydrogen-bond acceptors (Lipinski definition) is 6. The third-order valence-electron chi connectivity index (χ3n) is 3.41. The van der Waals surface area contributed by atoms with Gasteiger partial charge >= 0.3 is 0 Å². The molecule has 0 radical (unpaired) electrons. The number of sulfonamides is 2. The van der Waals surface area contributed by atoms with Crippen LogP contribution >= 0.6 is 0 Å². The van der Waals surface area contributed by atoms with Gasteiger partial charge in [-0.05, 0) is 37.2 Å². The summed E-state index contributed by atoms with van der Waals surface area (Å²) < 4.78 is 57.9. The summed E-state index contributed by atoms with van der Waals surface area (Å²) in [5, 5.41) is 0. The van der Waals surface area contributed by atoms with E-state index in [0.29, 0.717) is 39.3 Å². The zero-order chi connectivity index (χ0) is 16.9. The first-order chi connectivity index (χ1) is 10.9. The quantitative estimate of drug-likeness (QED) is 0.621. The molecule has 8 nitrogen and oxygen atoms in total. The van der Waals surface area contributed by atoms with Crippen LogP contribution in [0.25, 0.3) is 0 Å². The topological polar surface area (TPSA) is 119 Å². The van der Waals surface area contributed by atoms with Crippen LogP contribution in [0.1, 0.15) is 6.42 Å². The summed E-state index contributed by atoms with van der Waals surface area (Å²) >= 11 is 0. The first-order valence-electron chi connectivity index (χ1n) is 7.25. The van der Waals surface area contributed by atoms with E-state index < -0.39 is 20.0 Å². The molecule has 1 aromatic carbocycles. The third kappa shape index (κ3) is 4.49. The van der Waals surface area contributed by atoms with Gasteiger partial charge in [0, 0.05) is 19.6 Å². The lowest BCUT2D eigenvalue weighted by atomic mass is 10.4. The van der Waals surface area contributed by atoms with Gasteiger partial charge in [-0.1, -0.05) is 0 Å². The Morgan fingerprint density at radius 3 is 2.17 bits per heavy atom. The molecule has 1 heterocycles. The molecule has 2 rings (SSSR count). The Hall–Kier alpha value is -1.04. The van der Waals surface area contributed by atoms with Gasteiger partial charge in [0.25, 0.3) is 0 Å². The molecule has 130 valence electrons. The van der Waals surface area contributed by atoms with Crippen molar-refractivity contribution in [2.24, 2.45) is 5.73 Å². The molecular formula is C13H21N3O5S2. The summed E-state index contributed by atoms with van der Waals surface area (Å²) in [6, 6.07) is 5.20. The number of morpholine rings is 1. The summed E-state index contributed by atoms with van der Waals surface area (Å²) in [5.41, 5.74) is 5.32. The number of ether oxygens (including phenoxy) is 1. The van der Waals surface area contributed by atoms with Gasteiger partial charge in [-0.15, -0.1) is 0 Å². The van der Waals surface area contributed by atoms with Crippen LogP contribution in [0.2, 0.25) is 0 Å². The van der Waals surface area contributed by atoms with E-state index in [-0.39, 0.29) is 16.3 Å². The third-order valence-corrected chi connectivity index (χ3v) is 6.80. The van der Waals surface area contributed by atoms with Crippen LogP contribution in [0.15, 0.2) is 34.1 Å². The largest absolute Gasteiger partial charge is 0.379 e. The molecule has 10 heteroatoms. The number of nitrogens with two attached hydrogens (primary N) is 1. The second kappa shape index (κ2) is 7.69. The van der Waals surface area contributed by atoms with Gasteiger partial charge < -0.3 is 10.5 Å². The molecule has 0 saturated carbocycles. The molecule has 0 aromatic heterocycles. The van der Waals surface area contributed by atoms with Crippen molar-refractivity contribution >= 4 is 20.0 Å². The fraction of sp³-hybridized carbons (Fsp3) is 0.538. The maximum atomic E-state index is 12.5. The highest BCUT2D eigenvalue weighted by molar-refractivity contribution is 7.89. The second-order valence-corrected chi connectivity index (χ2v) is 8.73. The number of rotatable bonds is 7. The van der Waals surface area contributed by atoms with E-state index in [1.165, 1.54) is 28.6 Å². The van der Waals surface area contributed by atoms with Gasteiger partial charge in [0.05, 0.1) is 23.0 Å². The average Bonchev–Trinajstić information content (AvgIpc) is 2.56. The Morgan fingerprint density at radius 2 is 1.61 bits per heavy atom. The van der Waals surface area contributed by atoms with Crippen molar-refractivity contribution in [1.82, 2.24) is 9.03 Å². The molecule has 1 saturated heterocycles. The molecule has 0 atom stereocenters. The SMILES string of the molecule is NCCCNS(=O)(=O)c1ccc(S(=O)(=O)N2CCOCC2)cc1. The monoisotopic (exact) mass is 363 g/mol. The normalized spacial score (nSPS) is 17.3.